The molecule has 184 valence electrons. The lowest BCUT2D eigenvalue weighted by Crippen LogP contribution is -2.28. The Morgan fingerprint density at radius 1 is 0.971 bits per heavy atom. The number of amides is 1. The molecule has 0 aromatic heterocycles. The second-order valence-electron chi connectivity index (χ2n) is 9.24. The lowest BCUT2D eigenvalue weighted by molar-refractivity contribution is 0.0935. The van der Waals surface area contributed by atoms with E-state index in [-0.39, 0.29) is 27.4 Å². The molecule has 0 radical (unpaired) electrons. The van der Waals surface area contributed by atoms with Crippen molar-refractivity contribution in [3.05, 3.63) is 93.0 Å². The van der Waals surface area contributed by atoms with Gasteiger partial charge in [-0.1, -0.05) is 54.4 Å². The Hall–Kier alpha value is -2.83. The van der Waals surface area contributed by atoms with E-state index >= 15 is 0 Å². The number of fused-ring (bicyclic) bond motifs is 1. The summed E-state index contributed by atoms with van der Waals surface area (Å²) in [5.74, 6) is -0.339. The van der Waals surface area contributed by atoms with E-state index in [2.05, 4.69) is 28.2 Å². The van der Waals surface area contributed by atoms with E-state index in [1.165, 1.54) is 36.1 Å². The zero-order valence-electron chi connectivity index (χ0n) is 20.3. The normalized spacial score (nSPS) is 14.2. The van der Waals surface area contributed by atoms with Gasteiger partial charge >= 0.3 is 0 Å². The number of sulfonamides is 1. The summed E-state index contributed by atoms with van der Waals surface area (Å²) in [5.41, 5.74) is 6.37. The number of benzene rings is 3. The first kappa shape index (κ1) is 25.3. The van der Waals surface area contributed by atoms with Crippen molar-refractivity contribution in [2.24, 2.45) is 0 Å². The fraction of sp³-hybridized carbons (Fsp3) is 0.321. The molecule has 7 heteroatoms. The first-order chi connectivity index (χ1) is 16.7. The molecule has 2 N–H and O–H groups in total. The highest BCUT2D eigenvalue weighted by atomic mass is 35.5. The number of rotatable bonds is 7. The van der Waals surface area contributed by atoms with Crippen LogP contribution in [-0.2, 0) is 22.9 Å². The highest BCUT2D eigenvalue weighted by Crippen LogP contribution is 2.29. The largest absolute Gasteiger partial charge is 0.345 e. The van der Waals surface area contributed by atoms with Gasteiger partial charge in [-0.25, -0.2) is 8.42 Å². The molecule has 0 aliphatic heterocycles. The van der Waals surface area contributed by atoms with E-state index in [9.17, 15) is 13.2 Å². The number of aryl methyl sites for hydroxylation is 4. The van der Waals surface area contributed by atoms with Gasteiger partial charge in [0.1, 0.15) is 4.90 Å². The second kappa shape index (κ2) is 10.4. The summed E-state index contributed by atoms with van der Waals surface area (Å²) in [6.07, 6.45) is 5.31. The predicted octanol–water partition coefficient (Wildman–Crippen LogP) is 6.52. The lowest BCUT2D eigenvalue weighted by Gasteiger charge is -2.22. The Balaban J connectivity index is 1.57. The SMILES string of the molecule is CC[C@H](NC(=O)c1ccc(Cl)c(S(=O)(=O)Nc2ccc(C)cc2C)c1)c1ccc2c(c1)CCCC2. The zero-order valence-corrected chi connectivity index (χ0v) is 21.9. The van der Waals surface area contributed by atoms with Gasteiger partial charge in [0.05, 0.1) is 16.8 Å². The average molecular weight is 511 g/mol. The molecular formula is C28H31ClN2O3S. The third-order valence-electron chi connectivity index (χ3n) is 6.60. The predicted molar refractivity (Wildman–Crippen MR) is 142 cm³/mol. The average Bonchev–Trinajstić information content (AvgIpc) is 2.84. The summed E-state index contributed by atoms with van der Waals surface area (Å²) in [4.78, 5) is 13.0. The molecule has 35 heavy (non-hydrogen) atoms. The maximum Gasteiger partial charge on any atom is 0.263 e. The molecular weight excluding hydrogens is 480 g/mol. The van der Waals surface area contributed by atoms with Crippen LogP contribution in [0.2, 0.25) is 5.02 Å². The molecule has 0 saturated heterocycles. The number of carbonyl (C=O) groups is 1. The Morgan fingerprint density at radius 3 is 2.43 bits per heavy atom. The van der Waals surface area contributed by atoms with Crippen molar-refractivity contribution in [2.75, 3.05) is 4.72 Å². The Labute approximate surface area is 213 Å². The van der Waals surface area contributed by atoms with Crippen molar-refractivity contribution >= 4 is 33.2 Å². The van der Waals surface area contributed by atoms with E-state index in [0.717, 1.165) is 36.0 Å². The van der Waals surface area contributed by atoms with Crippen LogP contribution in [0.25, 0.3) is 0 Å². The smallest absolute Gasteiger partial charge is 0.263 e. The number of nitrogens with one attached hydrogen (secondary N) is 2. The van der Waals surface area contributed by atoms with Gasteiger partial charge in [-0.3, -0.25) is 9.52 Å². The van der Waals surface area contributed by atoms with Crippen LogP contribution in [-0.4, -0.2) is 14.3 Å². The van der Waals surface area contributed by atoms with Crippen LogP contribution < -0.4 is 10.0 Å². The standard InChI is InChI=1S/C28H31ClN2O3S/c1-4-25(22-11-10-20-7-5-6-8-21(20)16-22)30-28(32)23-12-13-24(29)27(17-23)35(33,34)31-26-14-9-18(2)15-19(26)3/h9-17,25,31H,4-8H2,1-3H3,(H,30,32)/t25-/m0/s1. The minimum Gasteiger partial charge on any atom is -0.345 e. The van der Waals surface area contributed by atoms with Gasteiger partial charge in [0.2, 0.25) is 0 Å². The Kier molecular flexibility index (Phi) is 7.53. The van der Waals surface area contributed by atoms with E-state index in [1.54, 1.807) is 12.1 Å². The van der Waals surface area contributed by atoms with Crippen molar-refractivity contribution in [2.45, 2.75) is 63.8 Å². The van der Waals surface area contributed by atoms with E-state index < -0.39 is 10.0 Å². The number of carbonyl (C=O) groups excluding carboxylic acids is 1. The number of hydrogen-bond donors (Lipinski definition) is 2. The van der Waals surface area contributed by atoms with E-state index in [1.807, 2.05) is 32.9 Å². The molecule has 0 fully saturated rings. The number of hydrogen-bond acceptors (Lipinski definition) is 3. The van der Waals surface area contributed by atoms with E-state index in [4.69, 9.17) is 11.6 Å². The van der Waals surface area contributed by atoms with Crippen LogP contribution in [0.5, 0.6) is 0 Å². The Morgan fingerprint density at radius 2 is 1.71 bits per heavy atom. The van der Waals surface area contributed by atoms with Crippen molar-refractivity contribution in [1.82, 2.24) is 5.32 Å². The number of anilines is 1. The summed E-state index contributed by atoms with van der Waals surface area (Å²) >= 11 is 6.26. The fourth-order valence-corrected chi connectivity index (χ4v) is 6.27. The molecule has 3 aromatic carbocycles. The molecule has 1 aliphatic carbocycles. The maximum absolute atomic E-state index is 13.1. The van der Waals surface area contributed by atoms with Gasteiger partial charge < -0.3 is 5.32 Å². The summed E-state index contributed by atoms with van der Waals surface area (Å²) in [6, 6.07) is 16.1. The minimum atomic E-state index is -3.99. The molecule has 0 saturated carbocycles. The third kappa shape index (κ3) is 5.71. The molecule has 4 rings (SSSR count). The summed E-state index contributed by atoms with van der Waals surface area (Å²) in [7, 11) is -3.99. The molecule has 1 aliphatic rings. The van der Waals surface area contributed by atoms with Gasteiger partial charge in [0.25, 0.3) is 15.9 Å². The zero-order chi connectivity index (χ0) is 25.2. The van der Waals surface area contributed by atoms with Crippen molar-refractivity contribution in [3.8, 4) is 0 Å². The highest BCUT2D eigenvalue weighted by Gasteiger charge is 2.23. The van der Waals surface area contributed by atoms with Crippen LogP contribution in [0, 0.1) is 13.8 Å². The third-order valence-corrected chi connectivity index (χ3v) is 8.44. The van der Waals surface area contributed by atoms with Crippen LogP contribution in [0.1, 0.15) is 70.4 Å². The van der Waals surface area contributed by atoms with Gasteiger partial charge in [-0.2, -0.15) is 0 Å². The molecule has 1 amide bonds. The van der Waals surface area contributed by atoms with Gasteiger partial charge in [-0.05, 0) is 92.5 Å². The fourth-order valence-electron chi connectivity index (χ4n) is 4.61. The minimum absolute atomic E-state index is 0.0561. The summed E-state index contributed by atoms with van der Waals surface area (Å²) in [5, 5.41) is 3.13. The van der Waals surface area contributed by atoms with Gasteiger partial charge in [-0.15, -0.1) is 0 Å². The second-order valence-corrected chi connectivity index (χ2v) is 11.3. The van der Waals surface area contributed by atoms with Gasteiger partial charge in [0, 0.05) is 5.56 Å². The van der Waals surface area contributed by atoms with E-state index in [0.29, 0.717) is 5.69 Å². The summed E-state index contributed by atoms with van der Waals surface area (Å²) < 4.78 is 28.9. The molecule has 5 nitrogen and oxygen atoms in total. The first-order valence-corrected chi connectivity index (χ1v) is 13.9. The maximum atomic E-state index is 13.1. The van der Waals surface area contributed by atoms with Crippen LogP contribution in [0.15, 0.2) is 59.5 Å². The van der Waals surface area contributed by atoms with Crippen molar-refractivity contribution < 1.29 is 13.2 Å². The molecule has 0 spiro atoms. The van der Waals surface area contributed by atoms with Crippen LogP contribution >= 0.6 is 11.6 Å². The molecule has 0 heterocycles. The highest BCUT2D eigenvalue weighted by molar-refractivity contribution is 7.92. The molecule has 0 bridgehead atoms. The quantitative estimate of drug-likeness (QED) is 0.380. The molecule has 1 atom stereocenters. The molecule has 0 unspecified atom stereocenters. The number of halogens is 1. The molecule has 3 aromatic rings. The first-order valence-electron chi connectivity index (χ1n) is 12.0. The Bertz CT molecular complexity index is 1370. The van der Waals surface area contributed by atoms with Crippen molar-refractivity contribution in [1.29, 1.82) is 0 Å². The summed E-state index contributed by atoms with van der Waals surface area (Å²) in [6.45, 7) is 5.80. The topological polar surface area (TPSA) is 75.3 Å². The van der Waals surface area contributed by atoms with Crippen LogP contribution in [0.4, 0.5) is 5.69 Å². The lowest BCUT2D eigenvalue weighted by atomic mass is 9.88. The van der Waals surface area contributed by atoms with Gasteiger partial charge in [0.15, 0.2) is 0 Å². The van der Waals surface area contributed by atoms with Crippen molar-refractivity contribution in [3.63, 3.8) is 0 Å². The van der Waals surface area contributed by atoms with Crippen LogP contribution in [0.3, 0.4) is 0 Å². The monoisotopic (exact) mass is 510 g/mol.